The van der Waals surface area contributed by atoms with Crippen LogP contribution in [0, 0.1) is 11.8 Å². The molecule has 0 saturated heterocycles. The molecule has 244 valence electrons. The first-order valence-corrected chi connectivity index (χ1v) is 16.3. The van der Waals surface area contributed by atoms with E-state index in [1.165, 1.54) is 50.9 Å². The third-order valence-electron chi connectivity index (χ3n) is 9.39. The number of amides is 3. The smallest absolute Gasteiger partial charge is 0.330 e. The number of urea groups is 1. The van der Waals surface area contributed by atoms with Gasteiger partial charge in [-0.1, -0.05) is 55.5 Å². The first-order valence-electron chi connectivity index (χ1n) is 15.5. The minimum Gasteiger partial charge on any atom is -0.495 e. The molecule has 3 amide bonds. The van der Waals surface area contributed by atoms with Gasteiger partial charge in [-0.15, -0.1) is 0 Å². The van der Waals surface area contributed by atoms with Crippen LogP contribution in [0.2, 0.25) is 10.0 Å². The molecular weight excluding hydrogens is 631 g/mol. The number of carbonyl (C=O) groups excluding carboxylic acids is 2. The van der Waals surface area contributed by atoms with Gasteiger partial charge in [0.1, 0.15) is 27.4 Å². The van der Waals surface area contributed by atoms with E-state index >= 15 is 0 Å². The molecule has 2 aromatic heterocycles. The van der Waals surface area contributed by atoms with Crippen LogP contribution in [0.15, 0.2) is 37.3 Å². The molecule has 46 heavy (non-hydrogen) atoms. The minimum absolute atomic E-state index is 0.0822. The highest BCUT2D eigenvalue weighted by molar-refractivity contribution is 6.42. The Bertz CT molecular complexity index is 1570. The second-order valence-electron chi connectivity index (χ2n) is 12.0. The summed E-state index contributed by atoms with van der Waals surface area (Å²) in [5, 5.41) is 13.9. The maximum Gasteiger partial charge on any atom is 0.330 e. The zero-order chi connectivity index (χ0) is 32.4. The number of aromatic amines is 1. The Morgan fingerprint density at radius 1 is 1.09 bits per heavy atom. The molecule has 6 rings (SSSR count). The van der Waals surface area contributed by atoms with Crippen LogP contribution in [-0.2, 0) is 17.9 Å². The molecule has 3 aromatic rings. The number of carbonyl (C=O) groups is 2. The van der Waals surface area contributed by atoms with E-state index in [0.29, 0.717) is 40.7 Å². The number of hydrogen-bond donors (Lipinski definition) is 3. The molecule has 2 saturated carbocycles. The summed E-state index contributed by atoms with van der Waals surface area (Å²) in [7, 11) is 2.96. The number of benzene rings is 1. The Morgan fingerprint density at radius 3 is 2.48 bits per heavy atom. The Hall–Kier alpha value is -4.03. The number of rotatable bonds is 10. The number of nitrogens with one attached hydrogen (secondary N) is 3. The fourth-order valence-corrected chi connectivity index (χ4v) is 7.76. The maximum absolute atomic E-state index is 14.3. The van der Waals surface area contributed by atoms with E-state index in [4.69, 9.17) is 37.7 Å². The van der Waals surface area contributed by atoms with Crippen molar-refractivity contribution in [3.05, 3.63) is 58.5 Å². The fraction of sp³-hybridized carbons (Fsp3) is 0.469. The molecule has 1 unspecified atom stereocenters. The van der Waals surface area contributed by atoms with Crippen molar-refractivity contribution in [2.24, 2.45) is 11.8 Å². The van der Waals surface area contributed by atoms with E-state index in [-0.39, 0.29) is 46.8 Å². The Morgan fingerprint density at radius 2 is 1.83 bits per heavy atom. The van der Waals surface area contributed by atoms with Gasteiger partial charge < -0.3 is 20.1 Å². The third kappa shape index (κ3) is 6.32. The van der Waals surface area contributed by atoms with Crippen molar-refractivity contribution in [3.63, 3.8) is 0 Å². The average molecular weight is 670 g/mol. The molecule has 3 aliphatic rings. The minimum atomic E-state index is -0.396. The van der Waals surface area contributed by atoms with Gasteiger partial charge in [0.2, 0.25) is 11.9 Å². The monoisotopic (exact) mass is 668 g/mol. The van der Waals surface area contributed by atoms with Crippen LogP contribution in [0.1, 0.15) is 56.1 Å². The van der Waals surface area contributed by atoms with E-state index in [1.54, 1.807) is 29.6 Å². The molecule has 3 atom stereocenters. The lowest BCUT2D eigenvalue weighted by Gasteiger charge is -2.40. The number of nitrogens with zero attached hydrogens (tertiary/aromatic N) is 5. The van der Waals surface area contributed by atoms with Crippen molar-refractivity contribution >= 4 is 52.6 Å². The Kier molecular flexibility index (Phi) is 9.55. The molecule has 2 aliphatic carbocycles. The zero-order valence-electron chi connectivity index (χ0n) is 25.9. The molecule has 1 aromatic carbocycles. The second-order valence-corrected chi connectivity index (χ2v) is 12.8. The van der Waals surface area contributed by atoms with Gasteiger partial charge in [-0.3, -0.25) is 19.7 Å². The van der Waals surface area contributed by atoms with Gasteiger partial charge in [-0.2, -0.15) is 10.1 Å². The van der Waals surface area contributed by atoms with Gasteiger partial charge in [0.15, 0.2) is 0 Å². The van der Waals surface area contributed by atoms with Gasteiger partial charge in [0.25, 0.3) is 0 Å². The normalized spacial score (nSPS) is 21.6. The maximum atomic E-state index is 14.3. The van der Waals surface area contributed by atoms with E-state index in [9.17, 15) is 9.59 Å². The molecule has 14 heteroatoms. The molecule has 0 bridgehead atoms. The summed E-state index contributed by atoms with van der Waals surface area (Å²) in [5.74, 6) is 2.53. The fourth-order valence-electron chi connectivity index (χ4n) is 7.06. The van der Waals surface area contributed by atoms with Crippen LogP contribution in [-0.4, -0.2) is 58.4 Å². The number of fused-ring (bicyclic) bond motifs is 1. The Balaban J connectivity index is 1.34. The molecule has 3 heterocycles. The summed E-state index contributed by atoms with van der Waals surface area (Å²) in [5.41, 5.74) is 1.72. The highest BCUT2D eigenvalue weighted by atomic mass is 35.5. The lowest BCUT2D eigenvalue weighted by Crippen LogP contribution is -2.51. The van der Waals surface area contributed by atoms with Crippen molar-refractivity contribution in [1.29, 1.82) is 0 Å². The summed E-state index contributed by atoms with van der Waals surface area (Å²) in [6.07, 6.45) is 14.3. The largest absolute Gasteiger partial charge is 0.495 e. The number of anilines is 3. The van der Waals surface area contributed by atoms with Crippen molar-refractivity contribution in [2.75, 3.05) is 29.3 Å². The van der Waals surface area contributed by atoms with Crippen LogP contribution in [0.5, 0.6) is 11.5 Å². The summed E-state index contributed by atoms with van der Waals surface area (Å²) in [6, 6.07) is 0.997. The molecular formula is C32H38Cl2N8O4. The van der Waals surface area contributed by atoms with Crippen LogP contribution in [0.25, 0.3) is 0 Å². The molecule has 1 aliphatic heterocycles. The van der Waals surface area contributed by atoms with Crippen LogP contribution in [0.4, 0.5) is 22.2 Å². The van der Waals surface area contributed by atoms with E-state index < -0.39 is 6.03 Å². The SMILES string of the molecule is C=CC(=O)N[C@H]1CCC(C2CCCC2)C[C@H]1Nc1ncc2c(n1)N(Cc1cn[nH]c1)C(=O)N(c1c(Cl)c(OC)cc(OC)c1Cl)C2. The van der Waals surface area contributed by atoms with Crippen molar-refractivity contribution in [3.8, 4) is 11.5 Å². The number of H-pyrrole nitrogens is 1. The number of aromatic nitrogens is 4. The predicted octanol–water partition coefficient (Wildman–Crippen LogP) is 6.11. The summed E-state index contributed by atoms with van der Waals surface area (Å²) in [4.78, 5) is 39.2. The number of ether oxygens (including phenoxy) is 2. The average Bonchev–Trinajstić information content (AvgIpc) is 3.79. The van der Waals surface area contributed by atoms with Gasteiger partial charge >= 0.3 is 6.03 Å². The number of methoxy groups -OCH3 is 2. The first-order chi connectivity index (χ1) is 22.3. The second kappa shape index (κ2) is 13.8. The van der Waals surface area contributed by atoms with E-state index in [1.807, 2.05) is 0 Å². The lowest BCUT2D eigenvalue weighted by molar-refractivity contribution is -0.117. The van der Waals surface area contributed by atoms with Crippen LogP contribution < -0.4 is 29.9 Å². The molecule has 12 nitrogen and oxygen atoms in total. The molecule has 2 fully saturated rings. The summed E-state index contributed by atoms with van der Waals surface area (Å²) < 4.78 is 10.9. The Labute approximate surface area is 277 Å². The van der Waals surface area contributed by atoms with Crippen molar-refractivity contribution in [2.45, 2.75) is 70.1 Å². The van der Waals surface area contributed by atoms with Crippen molar-refractivity contribution in [1.82, 2.24) is 25.5 Å². The van der Waals surface area contributed by atoms with Gasteiger partial charge in [0.05, 0.1) is 39.2 Å². The topological polar surface area (TPSA) is 138 Å². The van der Waals surface area contributed by atoms with Gasteiger partial charge in [-0.05, 0) is 37.2 Å². The molecule has 0 spiro atoms. The predicted molar refractivity (Wildman–Crippen MR) is 177 cm³/mol. The molecule has 0 radical (unpaired) electrons. The third-order valence-corrected chi connectivity index (χ3v) is 10.1. The highest BCUT2D eigenvalue weighted by Crippen LogP contribution is 2.48. The number of halogens is 2. The lowest BCUT2D eigenvalue weighted by atomic mass is 9.75. The summed E-state index contributed by atoms with van der Waals surface area (Å²) in [6.45, 7) is 3.92. The van der Waals surface area contributed by atoms with E-state index in [2.05, 4.69) is 32.4 Å². The number of hydrogen-bond acceptors (Lipinski definition) is 8. The van der Waals surface area contributed by atoms with Gasteiger partial charge in [-0.25, -0.2) is 9.78 Å². The molecule has 3 N–H and O–H groups in total. The van der Waals surface area contributed by atoms with Crippen LogP contribution >= 0.6 is 23.2 Å². The quantitative estimate of drug-likeness (QED) is 0.220. The summed E-state index contributed by atoms with van der Waals surface area (Å²) >= 11 is 13.5. The zero-order valence-corrected chi connectivity index (χ0v) is 27.4. The standard InChI is InChI=1S/C32H38Cl2N8O4/c1-4-26(43)38-22-10-9-20(19-7-5-6-8-19)11-23(22)39-31-35-15-21-17-41(29-27(33)24(45-2)12-25(46-3)28(29)34)32(44)42(30(21)40-31)16-18-13-36-37-14-18/h4,12-15,19-20,22-23H,1,5-11,16-17H2,2-3H3,(H,36,37)(H,38,43)(H,35,39,40)/t20?,22-,23+/m0/s1. The van der Waals surface area contributed by atoms with E-state index in [0.717, 1.165) is 24.8 Å². The highest BCUT2D eigenvalue weighted by Gasteiger charge is 2.39. The van der Waals surface area contributed by atoms with Gasteiger partial charge in [0, 0.05) is 41.7 Å². The van der Waals surface area contributed by atoms with Crippen molar-refractivity contribution < 1.29 is 19.1 Å². The van der Waals surface area contributed by atoms with Crippen LogP contribution in [0.3, 0.4) is 0 Å². The first kappa shape index (κ1) is 31.9.